The number of nitrogens with one attached hydrogen (secondary N) is 1. The Bertz CT molecular complexity index is 920. The third-order valence-electron chi connectivity index (χ3n) is 4.99. The lowest BCUT2D eigenvalue weighted by molar-refractivity contribution is 0.425. The molecule has 1 fully saturated rings. The molecule has 7 heteroatoms. The zero-order chi connectivity index (χ0) is 16.6. The standard InChI is InChI=1S/C18H19N7/c1-2-13-8-17(24-23-14(13)3-1)25-10-12(11-25)9-21-16-5-4-15-18(22-16)20-7-6-19-15/h4-8,12H,1-3,9-11H2,(H,20,21,22). The summed E-state index contributed by atoms with van der Waals surface area (Å²) in [7, 11) is 0. The van der Waals surface area contributed by atoms with E-state index in [1.54, 1.807) is 12.4 Å². The normalized spacial score (nSPS) is 16.7. The fourth-order valence-corrected chi connectivity index (χ4v) is 3.56. The number of pyridine rings is 1. The van der Waals surface area contributed by atoms with Gasteiger partial charge >= 0.3 is 0 Å². The molecule has 0 atom stereocenters. The van der Waals surface area contributed by atoms with Crippen LogP contribution in [-0.2, 0) is 12.8 Å². The van der Waals surface area contributed by atoms with Crippen LogP contribution in [0.1, 0.15) is 17.7 Å². The minimum atomic E-state index is 0.592. The Morgan fingerprint density at radius 3 is 2.96 bits per heavy atom. The summed E-state index contributed by atoms with van der Waals surface area (Å²) in [5, 5.41) is 12.2. The van der Waals surface area contributed by atoms with Crippen LogP contribution in [0.3, 0.4) is 0 Å². The number of rotatable bonds is 4. The summed E-state index contributed by atoms with van der Waals surface area (Å²) in [6.45, 7) is 2.91. The van der Waals surface area contributed by atoms with Gasteiger partial charge < -0.3 is 10.2 Å². The molecule has 126 valence electrons. The van der Waals surface area contributed by atoms with Gasteiger partial charge in [0.05, 0.1) is 5.69 Å². The van der Waals surface area contributed by atoms with Crippen molar-refractivity contribution in [3.8, 4) is 0 Å². The van der Waals surface area contributed by atoms with Crippen molar-refractivity contribution in [3.63, 3.8) is 0 Å². The lowest BCUT2D eigenvalue weighted by atomic mass is 10.00. The molecule has 0 saturated carbocycles. The van der Waals surface area contributed by atoms with E-state index < -0.39 is 0 Å². The van der Waals surface area contributed by atoms with Gasteiger partial charge in [-0.05, 0) is 43.0 Å². The lowest BCUT2D eigenvalue weighted by Crippen LogP contribution is -2.50. The van der Waals surface area contributed by atoms with Gasteiger partial charge in [0.25, 0.3) is 0 Å². The quantitative estimate of drug-likeness (QED) is 0.780. The molecule has 5 rings (SSSR count). The van der Waals surface area contributed by atoms with Gasteiger partial charge in [-0.15, -0.1) is 5.10 Å². The molecule has 0 amide bonds. The van der Waals surface area contributed by atoms with Gasteiger partial charge in [-0.2, -0.15) is 5.10 Å². The molecule has 4 heterocycles. The highest BCUT2D eigenvalue weighted by atomic mass is 15.3. The molecule has 2 aliphatic rings. The van der Waals surface area contributed by atoms with E-state index in [0.29, 0.717) is 11.6 Å². The summed E-state index contributed by atoms with van der Waals surface area (Å²) >= 11 is 0. The Balaban J connectivity index is 1.18. The minimum absolute atomic E-state index is 0.592. The molecule has 7 nitrogen and oxygen atoms in total. The lowest BCUT2D eigenvalue weighted by Gasteiger charge is -2.40. The minimum Gasteiger partial charge on any atom is -0.370 e. The first-order valence-corrected chi connectivity index (χ1v) is 8.77. The Kier molecular flexibility index (Phi) is 3.43. The van der Waals surface area contributed by atoms with Crippen molar-refractivity contribution in [1.29, 1.82) is 0 Å². The molecule has 3 aromatic heterocycles. The molecule has 0 spiro atoms. The highest BCUT2D eigenvalue weighted by Gasteiger charge is 2.28. The van der Waals surface area contributed by atoms with Gasteiger partial charge in [-0.25, -0.2) is 9.97 Å². The van der Waals surface area contributed by atoms with E-state index >= 15 is 0 Å². The Morgan fingerprint density at radius 2 is 2.00 bits per heavy atom. The molecule has 1 saturated heterocycles. The third kappa shape index (κ3) is 2.75. The van der Waals surface area contributed by atoms with Gasteiger partial charge in [0, 0.05) is 37.9 Å². The average molecular weight is 333 g/mol. The topological polar surface area (TPSA) is 79.7 Å². The average Bonchev–Trinajstić information content (AvgIpc) is 3.08. The third-order valence-corrected chi connectivity index (χ3v) is 4.99. The molecule has 3 aromatic rings. The zero-order valence-corrected chi connectivity index (χ0v) is 13.9. The van der Waals surface area contributed by atoms with Gasteiger partial charge in [-0.1, -0.05) is 0 Å². The first kappa shape index (κ1) is 14.5. The van der Waals surface area contributed by atoms with Crippen molar-refractivity contribution in [2.45, 2.75) is 19.3 Å². The number of hydrogen-bond acceptors (Lipinski definition) is 7. The van der Waals surface area contributed by atoms with Crippen LogP contribution in [0.15, 0.2) is 30.6 Å². The van der Waals surface area contributed by atoms with Crippen molar-refractivity contribution < 1.29 is 0 Å². The molecular weight excluding hydrogens is 314 g/mol. The Morgan fingerprint density at radius 1 is 1.08 bits per heavy atom. The molecule has 1 N–H and O–H groups in total. The van der Waals surface area contributed by atoms with Crippen molar-refractivity contribution in [1.82, 2.24) is 25.1 Å². The molecule has 0 bridgehead atoms. The molecule has 0 aromatic carbocycles. The molecule has 1 aliphatic heterocycles. The van der Waals surface area contributed by atoms with E-state index in [1.807, 2.05) is 12.1 Å². The summed E-state index contributed by atoms with van der Waals surface area (Å²) in [5.74, 6) is 2.47. The smallest absolute Gasteiger partial charge is 0.180 e. The summed E-state index contributed by atoms with van der Waals surface area (Å²) < 4.78 is 0. The maximum Gasteiger partial charge on any atom is 0.180 e. The number of fused-ring (bicyclic) bond motifs is 2. The summed E-state index contributed by atoms with van der Waals surface area (Å²) in [6.07, 6.45) is 6.79. The fraction of sp³-hybridized carbons (Fsp3) is 0.389. The van der Waals surface area contributed by atoms with Gasteiger partial charge in [0.2, 0.25) is 0 Å². The largest absolute Gasteiger partial charge is 0.370 e. The van der Waals surface area contributed by atoms with E-state index in [4.69, 9.17) is 0 Å². The van der Waals surface area contributed by atoms with Crippen LogP contribution in [0.25, 0.3) is 11.2 Å². The fourth-order valence-electron chi connectivity index (χ4n) is 3.56. The van der Waals surface area contributed by atoms with Crippen LogP contribution < -0.4 is 10.2 Å². The Hall–Kier alpha value is -2.83. The van der Waals surface area contributed by atoms with E-state index in [9.17, 15) is 0 Å². The predicted molar refractivity (Wildman–Crippen MR) is 95.6 cm³/mol. The molecule has 25 heavy (non-hydrogen) atoms. The van der Waals surface area contributed by atoms with E-state index in [1.165, 1.54) is 17.7 Å². The number of aromatic nitrogens is 5. The van der Waals surface area contributed by atoms with E-state index in [0.717, 1.165) is 49.6 Å². The van der Waals surface area contributed by atoms with Crippen LogP contribution in [0, 0.1) is 5.92 Å². The van der Waals surface area contributed by atoms with Crippen LogP contribution >= 0.6 is 0 Å². The summed E-state index contributed by atoms with van der Waals surface area (Å²) in [6, 6.07) is 6.13. The molecule has 0 unspecified atom stereocenters. The number of aryl methyl sites for hydroxylation is 2. The molecular formula is C18H19N7. The van der Waals surface area contributed by atoms with Crippen LogP contribution in [0.5, 0.6) is 0 Å². The van der Waals surface area contributed by atoms with Crippen LogP contribution in [0.2, 0.25) is 0 Å². The second-order valence-electron chi connectivity index (χ2n) is 6.78. The van der Waals surface area contributed by atoms with Gasteiger partial charge in [0.1, 0.15) is 11.3 Å². The first-order chi connectivity index (χ1) is 12.3. The SMILES string of the molecule is c1cnc2nc(NCC3CN(c4cc5c(nn4)CCC5)C3)ccc2n1. The van der Waals surface area contributed by atoms with Crippen LogP contribution in [0.4, 0.5) is 11.6 Å². The van der Waals surface area contributed by atoms with Crippen LogP contribution in [-0.4, -0.2) is 44.8 Å². The first-order valence-electron chi connectivity index (χ1n) is 8.77. The van der Waals surface area contributed by atoms with Crippen molar-refractivity contribution in [2.24, 2.45) is 5.92 Å². The predicted octanol–water partition coefficient (Wildman–Crippen LogP) is 1.85. The van der Waals surface area contributed by atoms with E-state index in [2.05, 4.69) is 41.4 Å². The number of nitrogens with zero attached hydrogens (tertiary/aromatic N) is 6. The van der Waals surface area contributed by atoms with Gasteiger partial charge in [-0.3, -0.25) is 4.98 Å². The number of anilines is 2. The maximum absolute atomic E-state index is 4.50. The molecule has 1 aliphatic carbocycles. The number of hydrogen-bond donors (Lipinski definition) is 1. The van der Waals surface area contributed by atoms with Crippen molar-refractivity contribution in [3.05, 3.63) is 41.9 Å². The highest BCUT2D eigenvalue weighted by molar-refractivity contribution is 5.71. The maximum atomic E-state index is 4.50. The second kappa shape index (κ2) is 5.91. The zero-order valence-electron chi connectivity index (χ0n) is 13.9. The Labute approximate surface area is 145 Å². The summed E-state index contributed by atoms with van der Waals surface area (Å²) in [5.41, 5.74) is 4.07. The van der Waals surface area contributed by atoms with Gasteiger partial charge in [0.15, 0.2) is 11.5 Å². The molecule has 0 radical (unpaired) electrons. The van der Waals surface area contributed by atoms with E-state index in [-0.39, 0.29) is 0 Å². The monoisotopic (exact) mass is 333 g/mol. The summed E-state index contributed by atoms with van der Waals surface area (Å²) in [4.78, 5) is 15.3. The van der Waals surface area contributed by atoms with Crippen molar-refractivity contribution in [2.75, 3.05) is 29.9 Å². The van der Waals surface area contributed by atoms with Crippen molar-refractivity contribution >= 4 is 22.8 Å². The highest BCUT2D eigenvalue weighted by Crippen LogP contribution is 2.27. The second-order valence-corrected chi connectivity index (χ2v) is 6.78.